The van der Waals surface area contributed by atoms with Gasteiger partial charge in [0.05, 0.1) is 22.9 Å². The summed E-state index contributed by atoms with van der Waals surface area (Å²) in [6.07, 6.45) is 1.81. The highest BCUT2D eigenvalue weighted by atomic mass is 79.9. The fourth-order valence-electron chi connectivity index (χ4n) is 0.929. The van der Waals surface area contributed by atoms with Crippen LogP contribution in [0.2, 0.25) is 0 Å². The molecule has 0 N–H and O–H groups in total. The molecule has 1 aliphatic rings. The SMILES string of the molecule is Brc1cnc(SC2COC2)c(Br)c1. The van der Waals surface area contributed by atoms with Gasteiger partial charge in [0.2, 0.25) is 0 Å². The van der Waals surface area contributed by atoms with E-state index in [-0.39, 0.29) is 0 Å². The fraction of sp³-hybridized carbons (Fsp3) is 0.375. The minimum Gasteiger partial charge on any atom is -0.379 e. The van der Waals surface area contributed by atoms with Gasteiger partial charge in [0.15, 0.2) is 0 Å². The quantitative estimate of drug-likeness (QED) is 0.834. The van der Waals surface area contributed by atoms with E-state index in [1.807, 2.05) is 12.3 Å². The van der Waals surface area contributed by atoms with Crippen LogP contribution in [0.15, 0.2) is 26.2 Å². The molecule has 5 heteroatoms. The summed E-state index contributed by atoms with van der Waals surface area (Å²) >= 11 is 8.60. The lowest BCUT2D eigenvalue weighted by molar-refractivity contribution is 0.0454. The third kappa shape index (κ3) is 2.46. The van der Waals surface area contributed by atoms with E-state index in [1.165, 1.54) is 0 Å². The first-order chi connectivity index (χ1) is 6.25. The second kappa shape index (κ2) is 4.29. The summed E-state index contributed by atoms with van der Waals surface area (Å²) in [6.45, 7) is 1.68. The number of thioether (sulfide) groups is 1. The largest absolute Gasteiger partial charge is 0.379 e. The minimum atomic E-state index is 0.574. The van der Waals surface area contributed by atoms with E-state index in [1.54, 1.807) is 11.8 Å². The van der Waals surface area contributed by atoms with E-state index in [0.29, 0.717) is 5.25 Å². The lowest BCUT2D eigenvalue weighted by atomic mass is 10.4. The van der Waals surface area contributed by atoms with Crippen LogP contribution in [-0.4, -0.2) is 23.4 Å². The van der Waals surface area contributed by atoms with E-state index in [4.69, 9.17) is 4.74 Å². The van der Waals surface area contributed by atoms with Crippen LogP contribution in [-0.2, 0) is 4.74 Å². The monoisotopic (exact) mass is 323 g/mol. The highest BCUT2D eigenvalue weighted by Crippen LogP contribution is 2.32. The van der Waals surface area contributed by atoms with Crippen molar-refractivity contribution in [2.24, 2.45) is 0 Å². The zero-order chi connectivity index (χ0) is 9.26. The maximum atomic E-state index is 5.10. The Bertz CT molecular complexity index is 317. The maximum Gasteiger partial charge on any atom is 0.111 e. The summed E-state index contributed by atoms with van der Waals surface area (Å²) in [7, 11) is 0. The lowest BCUT2D eigenvalue weighted by Gasteiger charge is -2.24. The predicted octanol–water partition coefficient (Wildman–Crippen LogP) is 3.10. The molecular weight excluding hydrogens is 318 g/mol. The molecule has 2 heterocycles. The predicted molar refractivity (Wildman–Crippen MR) is 60.1 cm³/mol. The van der Waals surface area contributed by atoms with Crippen LogP contribution in [0, 0.1) is 0 Å². The normalized spacial score (nSPS) is 17.1. The molecular formula is C8H7Br2NOS. The van der Waals surface area contributed by atoms with Crippen molar-refractivity contribution >= 4 is 43.6 Å². The highest BCUT2D eigenvalue weighted by molar-refractivity contribution is 9.11. The molecule has 0 spiro atoms. The minimum absolute atomic E-state index is 0.574. The van der Waals surface area contributed by atoms with Gasteiger partial charge in [0.25, 0.3) is 0 Å². The molecule has 0 aromatic carbocycles. The third-order valence-electron chi connectivity index (χ3n) is 1.66. The van der Waals surface area contributed by atoms with Gasteiger partial charge in [-0.3, -0.25) is 0 Å². The Morgan fingerprint density at radius 2 is 2.23 bits per heavy atom. The number of pyridine rings is 1. The van der Waals surface area contributed by atoms with E-state index >= 15 is 0 Å². The third-order valence-corrected chi connectivity index (χ3v) is 4.11. The maximum absolute atomic E-state index is 5.10. The van der Waals surface area contributed by atoms with Gasteiger partial charge < -0.3 is 4.74 Å². The lowest BCUT2D eigenvalue weighted by Crippen LogP contribution is -2.30. The Morgan fingerprint density at radius 3 is 2.77 bits per heavy atom. The van der Waals surface area contributed by atoms with Crippen LogP contribution in [0.1, 0.15) is 0 Å². The first-order valence-corrected chi connectivity index (χ1v) is 6.28. The Kier molecular flexibility index (Phi) is 3.29. The molecule has 0 atom stereocenters. The van der Waals surface area contributed by atoms with Crippen molar-refractivity contribution in [3.8, 4) is 0 Å². The summed E-state index contributed by atoms with van der Waals surface area (Å²) in [5.74, 6) is 0. The number of ether oxygens (including phenoxy) is 1. The van der Waals surface area contributed by atoms with Crippen molar-refractivity contribution in [2.75, 3.05) is 13.2 Å². The first-order valence-electron chi connectivity index (χ1n) is 3.81. The van der Waals surface area contributed by atoms with Gasteiger partial charge in [-0.1, -0.05) is 11.8 Å². The van der Waals surface area contributed by atoms with Gasteiger partial charge in [-0.2, -0.15) is 0 Å². The van der Waals surface area contributed by atoms with Crippen molar-refractivity contribution in [1.29, 1.82) is 0 Å². The average Bonchev–Trinajstić information content (AvgIpc) is 1.99. The van der Waals surface area contributed by atoms with Crippen LogP contribution < -0.4 is 0 Å². The summed E-state index contributed by atoms with van der Waals surface area (Å²) < 4.78 is 7.13. The Hall–Kier alpha value is 0.420. The van der Waals surface area contributed by atoms with Gasteiger partial charge in [-0.05, 0) is 37.9 Å². The zero-order valence-electron chi connectivity index (χ0n) is 6.67. The molecule has 70 valence electrons. The molecule has 2 nitrogen and oxygen atoms in total. The van der Waals surface area contributed by atoms with E-state index < -0.39 is 0 Å². The molecule has 1 aromatic rings. The van der Waals surface area contributed by atoms with Crippen LogP contribution in [0.5, 0.6) is 0 Å². The number of aromatic nitrogens is 1. The van der Waals surface area contributed by atoms with Crippen molar-refractivity contribution < 1.29 is 4.74 Å². The Balaban J connectivity index is 2.10. The molecule has 0 radical (unpaired) electrons. The number of nitrogens with zero attached hydrogens (tertiary/aromatic N) is 1. The van der Waals surface area contributed by atoms with Crippen molar-refractivity contribution in [2.45, 2.75) is 10.3 Å². The fourth-order valence-corrected chi connectivity index (χ4v) is 3.13. The Morgan fingerprint density at radius 1 is 1.46 bits per heavy atom. The molecule has 0 bridgehead atoms. The van der Waals surface area contributed by atoms with E-state index in [0.717, 1.165) is 27.2 Å². The molecule has 1 fully saturated rings. The van der Waals surface area contributed by atoms with Crippen molar-refractivity contribution in [3.05, 3.63) is 21.2 Å². The number of hydrogen-bond acceptors (Lipinski definition) is 3. The van der Waals surface area contributed by atoms with Crippen molar-refractivity contribution in [3.63, 3.8) is 0 Å². The molecule has 13 heavy (non-hydrogen) atoms. The van der Waals surface area contributed by atoms with Gasteiger partial charge in [0.1, 0.15) is 5.03 Å². The zero-order valence-corrected chi connectivity index (χ0v) is 10.7. The molecule has 1 saturated heterocycles. The number of rotatable bonds is 2. The van der Waals surface area contributed by atoms with Crippen molar-refractivity contribution in [1.82, 2.24) is 4.98 Å². The van der Waals surface area contributed by atoms with Crippen LogP contribution >= 0.6 is 43.6 Å². The second-order valence-electron chi connectivity index (χ2n) is 2.72. The average molecular weight is 325 g/mol. The smallest absolute Gasteiger partial charge is 0.111 e. The van der Waals surface area contributed by atoms with Crippen LogP contribution in [0.25, 0.3) is 0 Å². The number of hydrogen-bond donors (Lipinski definition) is 0. The molecule has 0 aliphatic carbocycles. The molecule has 1 aliphatic heterocycles. The topological polar surface area (TPSA) is 22.1 Å². The molecule has 0 saturated carbocycles. The summed E-state index contributed by atoms with van der Waals surface area (Å²) in [5.41, 5.74) is 0. The second-order valence-corrected chi connectivity index (χ2v) is 5.78. The van der Waals surface area contributed by atoms with Gasteiger partial charge in [0, 0.05) is 10.7 Å². The van der Waals surface area contributed by atoms with E-state index in [9.17, 15) is 0 Å². The first kappa shape index (κ1) is 9.96. The summed E-state index contributed by atoms with van der Waals surface area (Å²) in [6, 6.07) is 2.01. The highest BCUT2D eigenvalue weighted by Gasteiger charge is 2.21. The molecule has 1 aromatic heterocycles. The molecule has 0 unspecified atom stereocenters. The summed E-state index contributed by atoms with van der Waals surface area (Å²) in [4.78, 5) is 4.31. The van der Waals surface area contributed by atoms with Crippen LogP contribution in [0.4, 0.5) is 0 Å². The number of halogens is 2. The molecule has 2 rings (SSSR count). The Labute approximate surface area is 97.7 Å². The van der Waals surface area contributed by atoms with Gasteiger partial charge >= 0.3 is 0 Å². The summed E-state index contributed by atoms with van der Waals surface area (Å²) in [5, 5.41) is 1.61. The van der Waals surface area contributed by atoms with Gasteiger partial charge in [-0.25, -0.2) is 4.98 Å². The van der Waals surface area contributed by atoms with Crippen LogP contribution in [0.3, 0.4) is 0 Å². The standard InChI is InChI=1S/C8H7Br2NOS/c9-5-1-7(10)8(11-2-5)13-6-3-12-4-6/h1-2,6H,3-4H2. The van der Waals surface area contributed by atoms with E-state index in [2.05, 4.69) is 36.8 Å². The molecule has 0 amide bonds. The van der Waals surface area contributed by atoms with Gasteiger partial charge in [-0.15, -0.1) is 0 Å².